The predicted octanol–water partition coefficient (Wildman–Crippen LogP) is 2.20. The standard InChI is InChI=1S/C18H18N2O3/c1-23-14-6-4-5-12(9-14)15-7-2-3-8-16(15)20-11-13(18(19)22)10-17(20)21/h2-9,13H,10-11H2,1H3,(H2,19,22). The molecule has 1 aliphatic rings. The first-order chi connectivity index (χ1) is 11.1. The highest BCUT2D eigenvalue weighted by Gasteiger charge is 2.34. The number of benzene rings is 2. The van der Waals surface area contributed by atoms with Gasteiger partial charge in [0, 0.05) is 18.5 Å². The zero-order valence-electron chi connectivity index (χ0n) is 12.9. The number of ether oxygens (including phenoxy) is 1. The van der Waals surface area contributed by atoms with E-state index in [1.54, 1.807) is 12.0 Å². The summed E-state index contributed by atoms with van der Waals surface area (Å²) in [5, 5.41) is 0. The Morgan fingerprint density at radius 2 is 2.00 bits per heavy atom. The van der Waals surface area contributed by atoms with Crippen LogP contribution in [-0.2, 0) is 9.59 Å². The first-order valence-corrected chi connectivity index (χ1v) is 7.43. The molecule has 118 valence electrons. The van der Waals surface area contributed by atoms with Gasteiger partial charge in [-0.3, -0.25) is 9.59 Å². The summed E-state index contributed by atoms with van der Waals surface area (Å²) in [7, 11) is 1.62. The van der Waals surface area contributed by atoms with Crippen molar-refractivity contribution in [2.45, 2.75) is 6.42 Å². The van der Waals surface area contributed by atoms with Crippen LogP contribution in [0.2, 0.25) is 0 Å². The van der Waals surface area contributed by atoms with Gasteiger partial charge in [-0.1, -0.05) is 30.3 Å². The first-order valence-electron chi connectivity index (χ1n) is 7.43. The molecule has 2 aromatic rings. The van der Waals surface area contributed by atoms with Crippen molar-refractivity contribution < 1.29 is 14.3 Å². The highest BCUT2D eigenvalue weighted by Crippen LogP contribution is 2.35. The molecule has 0 aliphatic carbocycles. The van der Waals surface area contributed by atoms with Crippen LogP contribution >= 0.6 is 0 Å². The summed E-state index contributed by atoms with van der Waals surface area (Å²) >= 11 is 0. The number of nitrogens with two attached hydrogens (primary N) is 1. The lowest BCUT2D eigenvalue weighted by Gasteiger charge is -2.20. The molecule has 5 heteroatoms. The molecule has 2 N–H and O–H groups in total. The molecule has 1 heterocycles. The summed E-state index contributed by atoms with van der Waals surface area (Å²) in [6.45, 7) is 0.329. The molecular weight excluding hydrogens is 292 g/mol. The number of primary amides is 1. The highest BCUT2D eigenvalue weighted by atomic mass is 16.5. The third-order valence-electron chi connectivity index (χ3n) is 4.10. The fourth-order valence-electron chi connectivity index (χ4n) is 2.87. The maximum Gasteiger partial charge on any atom is 0.227 e. The number of methoxy groups -OCH3 is 1. The first kappa shape index (κ1) is 15.1. The van der Waals surface area contributed by atoms with Crippen LogP contribution in [0.15, 0.2) is 48.5 Å². The third-order valence-corrected chi connectivity index (χ3v) is 4.10. The Kier molecular flexibility index (Phi) is 4.02. The Labute approximate surface area is 134 Å². The van der Waals surface area contributed by atoms with Crippen molar-refractivity contribution in [1.82, 2.24) is 0 Å². The second-order valence-electron chi connectivity index (χ2n) is 5.56. The van der Waals surface area contributed by atoms with Crippen molar-refractivity contribution in [2.24, 2.45) is 11.7 Å². The summed E-state index contributed by atoms with van der Waals surface area (Å²) < 4.78 is 5.27. The molecule has 0 spiro atoms. The van der Waals surface area contributed by atoms with Gasteiger partial charge in [0.2, 0.25) is 11.8 Å². The number of rotatable bonds is 4. The van der Waals surface area contributed by atoms with Crippen molar-refractivity contribution in [3.05, 3.63) is 48.5 Å². The highest BCUT2D eigenvalue weighted by molar-refractivity contribution is 6.02. The van der Waals surface area contributed by atoms with E-state index in [0.29, 0.717) is 6.54 Å². The molecule has 3 rings (SSSR count). The second kappa shape index (κ2) is 6.12. The van der Waals surface area contributed by atoms with Gasteiger partial charge in [-0.15, -0.1) is 0 Å². The zero-order chi connectivity index (χ0) is 16.4. The molecule has 1 saturated heterocycles. The molecule has 1 atom stereocenters. The molecule has 0 radical (unpaired) electrons. The van der Waals surface area contributed by atoms with E-state index < -0.39 is 11.8 Å². The Balaban J connectivity index is 2.01. The van der Waals surface area contributed by atoms with Gasteiger partial charge in [-0.2, -0.15) is 0 Å². The van der Waals surface area contributed by atoms with E-state index in [1.807, 2.05) is 48.5 Å². The lowest BCUT2D eigenvalue weighted by molar-refractivity contribution is -0.123. The summed E-state index contributed by atoms with van der Waals surface area (Å²) in [6.07, 6.45) is 0.168. The summed E-state index contributed by atoms with van der Waals surface area (Å²) in [5.74, 6) is -0.190. The van der Waals surface area contributed by atoms with Crippen molar-refractivity contribution >= 4 is 17.5 Å². The number of carbonyl (C=O) groups is 2. The fourth-order valence-corrected chi connectivity index (χ4v) is 2.87. The maximum atomic E-state index is 12.3. The third kappa shape index (κ3) is 2.90. The van der Waals surface area contributed by atoms with Gasteiger partial charge in [0.05, 0.1) is 18.7 Å². The van der Waals surface area contributed by atoms with Crippen LogP contribution in [0, 0.1) is 5.92 Å². The number of carbonyl (C=O) groups excluding carboxylic acids is 2. The van der Waals surface area contributed by atoms with Crippen LogP contribution in [0.3, 0.4) is 0 Å². The van der Waals surface area contributed by atoms with E-state index in [0.717, 1.165) is 22.6 Å². The second-order valence-corrected chi connectivity index (χ2v) is 5.56. The average molecular weight is 310 g/mol. The van der Waals surface area contributed by atoms with Gasteiger partial charge in [0.1, 0.15) is 5.75 Å². The number of para-hydroxylation sites is 1. The van der Waals surface area contributed by atoms with Crippen molar-refractivity contribution in [1.29, 1.82) is 0 Å². The van der Waals surface area contributed by atoms with Crippen LogP contribution in [0.4, 0.5) is 5.69 Å². The summed E-state index contributed by atoms with van der Waals surface area (Å²) in [5.41, 5.74) is 8.01. The largest absolute Gasteiger partial charge is 0.497 e. The quantitative estimate of drug-likeness (QED) is 0.941. The van der Waals surface area contributed by atoms with E-state index in [9.17, 15) is 9.59 Å². The van der Waals surface area contributed by atoms with E-state index >= 15 is 0 Å². The van der Waals surface area contributed by atoms with Gasteiger partial charge in [-0.05, 0) is 23.8 Å². The topological polar surface area (TPSA) is 72.6 Å². The SMILES string of the molecule is COc1cccc(-c2ccccc2N2CC(C(N)=O)CC2=O)c1. The molecule has 23 heavy (non-hydrogen) atoms. The number of anilines is 1. The van der Waals surface area contributed by atoms with Gasteiger partial charge in [0.15, 0.2) is 0 Å². The van der Waals surface area contributed by atoms with Crippen molar-refractivity contribution in [3.63, 3.8) is 0 Å². The van der Waals surface area contributed by atoms with Crippen LogP contribution < -0.4 is 15.4 Å². The molecular formula is C18H18N2O3. The van der Waals surface area contributed by atoms with Crippen LogP contribution in [0.5, 0.6) is 5.75 Å². The van der Waals surface area contributed by atoms with Crippen molar-refractivity contribution in [3.8, 4) is 16.9 Å². The molecule has 1 unspecified atom stereocenters. The number of amides is 2. The number of hydrogen-bond donors (Lipinski definition) is 1. The molecule has 1 fully saturated rings. The Hall–Kier alpha value is -2.82. The van der Waals surface area contributed by atoms with Gasteiger partial charge < -0.3 is 15.4 Å². The average Bonchev–Trinajstić information content (AvgIpc) is 2.97. The summed E-state index contributed by atoms with van der Waals surface area (Å²) in [4.78, 5) is 25.3. The minimum Gasteiger partial charge on any atom is -0.497 e. The zero-order valence-corrected chi connectivity index (χ0v) is 12.9. The number of hydrogen-bond acceptors (Lipinski definition) is 3. The lowest BCUT2D eigenvalue weighted by Crippen LogP contribution is -2.28. The Morgan fingerprint density at radius 3 is 2.70 bits per heavy atom. The minimum atomic E-state index is -0.431. The van der Waals surface area contributed by atoms with Crippen LogP contribution in [-0.4, -0.2) is 25.5 Å². The summed E-state index contributed by atoms with van der Waals surface area (Å²) in [6, 6.07) is 15.3. The molecule has 0 saturated carbocycles. The lowest BCUT2D eigenvalue weighted by atomic mass is 10.0. The minimum absolute atomic E-state index is 0.0795. The molecule has 0 bridgehead atoms. The van der Waals surface area contributed by atoms with E-state index in [2.05, 4.69) is 0 Å². The number of nitrogens with zero attached hydrogens (tertiary/aromatic N) is 1. The van der Waals surface area contributed by atoms with Crippen LogP contribution in [0.25, 0.3) is 11.1 Å². The Bertz CT molecular complexity index is 757. The molecule has 5 nitrogen and oxygen atoms in total. The predicted molar refractivity (Wildman–Crippen MR) is 88.1 cm³/mol. The molecule has 2 amide bonds. The smallest absolute Gasteiger partial charge is 0.227 e. The van der Waals surface area contributed by atoms with E-state index in [-0.39, 0.29) is 12.3 Å². The molecule has 1 aliphatic heterocycles. The van der Waals surface area contributed by atoms with Gasteiger partial charge in [0.25, 0.3) is 0 Å². The normalized spacial score (nSPS) is 17.3. The Morgan fingerprint density at radius 1 is 1.22 bits per heavy atom. The van der Waals surface area contributed by atoms with E-state index in [1.165, 1.54) is 0 Å². The monoisotopic (exact) mass is 310 g/mol. The molecule has 2 aromatic carbocycles. The fraction of sp³-hybridized carbons (Fsp3) is 0.222. The van der Waals surface area contributed by atoms with Gasteiger partial charge >= 0.3 is 0 Å². The van der Waals surface area contributed by atoms with Crippen molar-refractivity contribution in [2.75, 3.05) is 18.6 Å². The van der Waals surface area contributed by atoms with Crippen LogP contribution in [0.1, 0.15) is 6.42 Å². The molecule has 0 aromatic heterocycles. The van der Waals surface area contributed by atoms with E-state index in [4.69, 9.17) is 10.5 Å². The maximum absolute atomic E-state index is 12.3. The van der Waals surface area contributed by atoms with Gasteiger partial charge in [-0.25, -0.2) is 0 Å².